The van der Waals surface area contributed by atoms with Gasteiger partial charge in [-0.1, -0.05) is 27.7 Å². The summed E-state index contributed by atoms with van der Waals surface area (Å²) in [5, 5.41) is 3.23. The quantitative estimate of drug-likeness (QED) is 0.936. The van der Waals surface area contributed by atoms with Crippen LogP contribution in [0.1, 0.15) is 61.9 Å². The van der Waals surface area contributed by atoms with Crippen molar-refractivity contribution in [2.24, 2.45) is 0 Å². The standard InChI is InChI=1S/C16H24N4S/c1-6-7-13-18-11(10(2)15(17)20-13)8-14-19-12(9-21-14)16(3,4)5/h9H,6-8H2,1-5H3,(H2,17,18,20). The molecule has 0 spiro atoms. The van der Waals surface area contributed by atoms with Gasteiger partial charge in [-0.25, -0.2) is 15.0 Å². The summed E-state index contributed by atoms with van der Waals surface area (Å²) in [6, 6.07) is 0. The van der Waals surface area contributed by atoms with Crippen LogP contribution < -0.4 is 5.73 Å². The van der Waals surface area contributed by atoms with Gasteiger partial charge in [-0.3, -0.25) is 0 Å². The van der Waals surface area contributed by atoms with E-state index in [1.165, 1.54) is 0 Å². The molecule has 114 valence electrons. The molecule has 21 heavy (non-hydrogen) atoms. The summed E-state index contributed by atoms with van der Waals surface area (Å²) in [4.78, 5) is 13.8. The van der Waals surface area contributed by atoms with Crippen LogP contribution in [-0.2, 0) is 18.3 Å². The third-order valence-electron chi connectivity index (χ3n) is 3.44. The molecule has 0 aliphatic heterocycles. The smallest absolute Gasteiger partial charge is 0.131 e. The summed E-state index contributed by atoms with van der Waals surface area (Å²) in [7, 11) is 0. The molecule has 2 aromatic rings. The van der Waals surface area contributed by atoms with Crippen LogP contribution in [-0.4, -0.2) is 15.0 Å². The number of nitrogens with two attached hydrogens (primary N) is 1. The third kappa shape index (κ3) is 3.79. The van der Waals surface area contributed by atoms with Gasteiger partial charge in [-0.05, 0) is 13.3 Å². The molecule has 0 amide bonds. The minimum absolute atomic E-state index is 0.0852. The molecular formula is C16H24N4S. The van der Waals surface area contributed by atoms with E-state index in [9.17, 15) is 0 Å². The molecule has 0 aliphatic rings. The van der Waals surface area contributed by atoms with Crippen LogP contribution in [0, 0.1) is 6.92 Å². The zero-order valence-corrected chi connectivity index (χ0v) is 14.3. The van der Waals surface area contributed by atoms with Crippen LogP contribution in [0.4, 0.5) is 5.82 Å². The van der Waals surface area contributed by atoms with Gasteiger partial charge in [0.2, 0.25) is 0 Å². The Hall–Kier alpha value is -1.49. The molecule has 0 aliphatic carbocycles. The van der Waals surface area contributed by atoms with E-state index in [0.29, 0.717) is 5.82 Å². The maximum absolute atomic E-state index is 6.01. The Morgan fingerprint density at radius 2 is 1.90 bits per heavy atom. The van der Waals surface area contributed by atoms with E-state index in [2.05, 4.69) is 43.0 Å². The average Bonchev–Trinajstić information content (AvgIpc) is 2.84. The van der Waals surface area contributed by atoms with Gasteiger partial charge in [-0.2, -0.15) is 0 Å². The van der Waals surface area contributed by atoms with Gasteiger partial charge in [0.15, 0.2) is 0 Å². The summed E-state index contributed by atoms with van der Waals surface area (Å²) >= 11 is 1.69. The normalized spacial score (nSPS) is 11.9. The highest BCUT2D eigenvalue weighted by Crippen LogP contribution is 2.26. The van der Waals surface area contributed by atoms with Crippen molar-refractivity contribution in [3.8, 4) is 0 Å². The Balaban J connectivity index is 2.28. The van der Waals surface area contributed by atoms with E-state index in [-0.39, 0.29) is 5.41 Å². The molecule has 0 bridgehead atoms. The average molecular weight is 304 g/mol. The minimum atomic E-state index is 0.0852. The Morgan fingerprint density at radius 1 is 1.19 bits per heavy atom. The first-order chi connectivity index (χ1) is 9.81. The lowest BCUT2D eigenvalue weighted by Gasteiger charge is -2.14. The van der Waals surface area contributed by atoms with Gasteiger partial charge in [0.1, 0.15) is 11.6 Å². The first-order valence-corrected chi connectivity index (χ1v) is 8.26. The van der Waals surface area contributed by atoms with Gasteiger partial charge in [-0.15, -0.1) is 11.3 Å². The van der Waals surface area contributed by atoms with Crippen molar-refractivity contribution in [2.45, 2.75) is 59.3 Å². The maximum atomic E-state index is 6.01. The number of hydrogen-bond donors (Lipinski definition) is 1. The van der Waals surface area contributed by atoms with Crippen LogP contribution in [0.5, 0.6) is 0 Å². The van der Waals surface area contributed by atoms with E-state index in [4.69, 9.17) is 10.7 Å². The highest BCUT2D eigenvalue weighted by atomic mass is 32.1. The summed E-state index contributed by atoms with van der Waals surface area (Å²) in [6.07, 6.45) is 2.62. The predicted molar refractivity (Wildman–Crippen MR) is 88.8 cm³/mol. The highest BCUT2D eigenvalue weighted by Gasteiger charge is 2.18. The van der Waals surface area contributed by atoms with Gasteiger partial charge >= 0.3 is 0 Å². The molecule has 2 aromatic heterocycles. The molecule has 0 radical (unpaired) electrons. The van der Waals surface area contributed by atoms with Gasteiger partial charge in [0.05, 0.1) is 16.4 Å². The van der Waals surface area contributed by atoms with Crippen molar-refractivity contribution in [3.05, 3.63) is 33.2 Å². The number of anilines is 1. The number of thiazole rings is 1. The van der Waals surface area contributed by atoms with Crippen LogP contribution in [0.3, 0.4) is 0 Å². The number of hydrogen-bond acceptors (Lipinski definition) is 5. The second kappa shape index (κ2) is 6.10. The molecule has 4 nitrogen and oxygen atoms in total. The lowest BCUT2D eigenvalue weighted by Crippen LogP contribution is -2.12. The van der Waals surface area contributed by atoms with Crippen molar-refractivity contribution in [1.82, 2.24) is 15.0 Å². The Labute approximate surface area is 130 Å². The molecular weight excluding hydrogens is 280 g/mol. The molecule has 2 rings (SSSR count). The van der Waals surface area contributed by atoms with Crippen molar-refractivity contribution in [2.75, 3.05) is 5.73 Å². The second-order valence-electron chi connectivity index (χ2n) is 6.40. The minimum Gasteiger partial charge on any atom is -0.383 e. The Morgan fingerprint density at radius 3 is 2.48 bits per heavy atom. The predicted octanol–water partition coefficient (Wildman–Crippen LogP) is 3.66. The maximum Gasteiger partial charge on any atom is 0.131 e. The fourth-order valence-corrected chi connectivity index (χ4v) is 3.05. The van der Waals surface area contributed by atoms with Crippen molar-refractivity contribution < 1.29 is 0 Å². The summed E-state index contributed by atoms with van der Waals surface area (Å²) in [6.45, 7) is 10.6. The number of rotatable bonds is 4. The summed E-state index contributed by atoms with van der Waals surface area (Å²) < 4.78 is 0. The van der Waals surface area contributed by atoms with Crippen molar-refractivity contribution >= 4 is 17.2 Å². The van der Waals surface area contributed by atoms with Crippen LogP contribution >= 0.6 is 11.3 Å². The van der Waals surface area contributed by atoms with Gasteiger partial charge in [0, 0.05) is 29.2 Å². The number of nitrogens with zero attached hydrogens (tertiary/aromatic N) is 3. The topological polar surface area (TPSA) is 64.7 Å². The Bertz CT molecular complexity index is 626. The highest BCUT2D eigenvalue weighted by molar-refractivity contribution is 7.09. The Kier molecular flexibility index (Phi) is 4.61. The zero-order valence-electron chi connectivity index (χ0n) is 13.5. The fraction of sp³-hybridized carbons (Fsp3) is 0.562. The van der Waals surface area contributed by atoms with Gasteiger partial charge in [0.25, 0.3) is 0 Å². The molecule has 0 aromatic carbocycles. The van der Waals surface area contributed by atoms with Crippen molar-refractivity contribution in [3.63, 3.8) is 0 Å². The van der Waals surface area contributed by atoms with E-state index < -0.39 is 0 Å². The largest absolute Gasteiger partial charge is 0.383 e. The molecule has 2 heterocycles. The lowest BCUT2D eigenvalue weighted by molar-refractivity contribution is 0.571. The first kappa shape index (κ1) is 15.9. The number of aryl methyl sites for hydroxylation is 1. The van der Waals surface area contributed by atoms with Crippen LogP contribution in [0.25, 0.3) is 0 Å². The second-order valence-corrected chi connectivity index (χ2v) is 7.34. The molecule has 2 N–H and O–H groups in total. The first-order valence-electron chi connectivity index (χ1n) is 7.38. The van der Waals surface area contributed by atoms with Gasteiger partial charge < -0.3 is 5.73 Å². The van der Waals surface area contributed by atoms with E-state index in [1.54, 1.807) is 11.3 Å². The molecule has 0 unspecified atom stereocenters. The van der Waals surface area contributed by atoms with E-state index in [1.807, 2.05) is 6.92 Å². The van der Waals surface area contributed by atoms with Crippen LogP contribution in [0.2, 0.25) is 0 Å². The number of nitrogen functional groups attached to an aromatic ring is 1. The molecule has 0 atom stereocenters. The van der Waals surface area contributed by atoms with E-state index >= 15 is 0 Å². The monoisotopic (exact) mass is 304 g/mol. The summed E-state index contributed by atoms with van der Waals surface area (Å²) in [5.74, 6) is 1.43. The molecule has 0 saturated heterocycles. The zero-order chi connectivity index (χ0) is 15.6. The third-order valence-corrected chi connectivity index (χ3v) is 4.29. The SMILES string of the molecule is CCCc1nc(N)c(C)c(Cc2nc(C(C)(C)C)cs2)n1. The fourth-order valence-electron chi connectivity index (χ4n) is 2.02. The summed E-state index contributed by atoms with van der Waals surface area (Å²) in [5.41, 5.74) is 9.21. The molecule has 0 fully saturated rings. The lowest BCUT2D eigenvalue weighted by atomic mass is 9.93. The molecule has 5 heteroatoms. The number of aromatic nitrogens is 3. The van der Waals surface area contributed by atoms with E-state index in [0.717, 1.165) is 47.0 Å². The molecule has 0 saturated carbocycles. The van der Waals surface area contributed by atoms with Crippen LogP contribution in [0.15, 0.2) is 5.38 Å². The van der Waals surface area contributed by atoms with Crippen molar-refractivity contribution in [1.29, 1.82) is 0 Å².